The molecule has 0 spiro atoms. The molecule has 0 radical (unpaired) electrons. The third-order valence-corrected chi connectivity index (χ3v) is 5.02. The van der Waals surface area contributed by atoms with Crippen molar-refractivity contribution in [2.75, 3.05) is 5.32 Å². The Labute approximate surface area is 160 Å². The summed E-state index contributed by atoms with van der Waals surface area (Å²) in [4.78, 5) is 22.8. The molecule has 27 heavy (non-hydrogen) atoms. The van der Waals surface area contributed by atoms with Gasteiger partial charge in [-0.25, -0.2) is 4.79 Å². The number of fused-ring (bicyclic) bond motifs is 1. The van der Waals surface area contributed by atoms with Gasteiger partial charge in [-0.1, -0.05) is 29.8 Å². The summed E-state index contributed by atoms with van der Waals surface area (Å²) >= 11 is 6.34. The number of aliphatic carboxylic acids is 1. The third kappa shape index (κ3) is 3.46. The van der Waals surface area contributed by atoms with Crippen LogP contribution in [-0.2, 0) is 18.3 Å². The highest BCUT2D eigenvalue weighted by Gasteiger charge is 2.27. The molecule has 1 atom stereocenters. The number of aryl methyl sites for hydroxylation is 1. The number of nitrogens with one attached hydrogen (secondary N) is 1. The zero-order chi connectivity index (χ0) is 19.7. The smallest absolute Gasteiger partial charge is 0.326 e. The van der Waals surface area contributed by atoms with Gasteiger partial charge in [-0.2, -0.15) is 0 Å². The fourth-order valence-electron chi connectivity index (χ4n) is 3.27. The van der Waals surface area contributed by atoms with Crippen LogP contribution in [0.25, 0.3) is 10.9 Å². The van der Waals surface area contributed by atoms with E-state index in [2.05, 4.69) is 5.32 Å². The van der Waals surface area contributed by atoms with Gasteiger partial charge in [0.2, 0.25) is 0 Å². The molecule has 0 fully saturated rings. The molecular weight excluding hydrogens is 370 g/mol. The number of hydrogen-bond acceptors (Lipinski definition) is 4. The van der Waals surface area contributed by atoms with Crippen LogP contribution in [0.3, 0.4) is 0 Å². The van der Waals surface area contributed by atoms with E-state index in [1.54, 1.807) is 30.7 Å². The number of carboxylic acids is 1. The van der Waals surface area contributed by atoms with Crippen molar-refractivity contribution in [1.29, 1.82) is 0 Å². The Morgan fingerprint density at radius 3 is 2.56 bits per heavy atom. The average molecular weight is 388 g/mol. The van der Waals surface area contributed by atoms with Gasteiger partial charge in [0.25, 0.3) is 5.69 Å². The minimum Gasteiger partial charge on any atom is -0.480 e. The van der Waals surface area contributed by atoms with Gasteiger partial charge in [-0.05, 0) is 30.7 Å². The molecule has 1 heterocycles. The van der Waals surface area contributed by atoms with Crippen LogP contribution in [0.2, 0.25) is 5.02 Å². The van der Waals surface area contributed by atoms with Crippen LogP contribution in [0.5, 0.6) is 0 Å². The van der Waals surface area contributed by atoms with Gasteiger partial charge in [0.15, 0.2) is 0 Å². The van der Waals surface area contributed by atoms with Gasteiger partial charge >= 0.3 is 5.97 Å². The van der Waals surface area contributed by atoms with Crippen LogP contribution in [0, 0.1) is 17.0 Å². The van der Waals surface area contributed by atoms with Crippen molar-refractivity contribution in [3.63, 3.8) is 0 Å². The topological polar surface area (TPSA) is 97.4 Å². The Kier molecular flexibility index (Phi) is 5.05. The summed E-state index contributed by atoms with van der Waals surface area (Å²) in [5.74, 6) is -1.02. The minimum atomic E-state index is -1.02. The Bertz CT molecular complexity index is 1030. The second kappa shape index (κ2) is 7.28. The van der Waals surface area contributed by atoms with Crippen LogP contribution < -0.4 is 5.32 Å². The van der Waals surface area contributed by atoms with Crippen LogP contribution in [0.4, 0.5) is 11.4 Å². The molecule has 140 valence electrons. The minimum absolute atomic E-state index is 0.0610. The first-order valence-electron chi connectivity index (χ1n) is 8.26. The van der Waals surface area contributed by atoms with E-state index in [0.29, 0.717) is 27.2 Å². The number of para-hydroxylation sites is 1. The predicted molar refractivity (Wildman–Crippen MR) is 105 cm³/mol. The van der Waals surface area contributed by atoms with Crippen LogP contribution >= 0.6 is 11.6 Å². The maximum absolute atomic E-state index is 11.8. The lowest BCUT2D eigenvalue weighted by Crippen LogP contribution is -2.31. The van der Waals surface area contributed by atoms with Gasteiger partial charge in [-0.3, -0.25) is 10.1 Å². The number of non-ortho nitro benzene ring substituents is 1. The highest BCUT2D eigenvalue weighted by Crippen LogP contribution is 2.37. The summed E-state index contributed by atoms with van der Waals surface area (Å²) < 4.78 is 1.69. The van der Waals surface area contributed by atoms with Gasteiger partial charge in [0, 0.05) is 36.3 Å². The number of rotatable bonds is 6. The van der Waals surface area contributed by atoms with E-state index < -0.39 is 16.9 Å². The summed E-state index contributed by atoms with van der Waals surface area (Å²) in [7, 11) is 1.71. The van der Waals surface area contributed by atoms with E-state index in [1.807, 2.05) is 18.2 Å². The number of benzene rings is 2. The summed E-state index contributed by atoms with van der Waals surface area (Å²) in [5.41, 5.74) is 2.43. The molecule has 0 bridgehead atoms. The standard InChI is InChI=1S/C19H18ClN3O4/c1-11-13(10-15(19(24)25)21-12-6-4-3-5-7-12)17-14(20)8-9-16(23(26)27)18(17)22(11)2/h3-9,15,21H,10H2,1-2H3,(H,24,25). The molecule has 2 N–H and O–H groups in total. The molecule has 0 amide bonds. The fraction of sp³-hybridized carbons (Fsp3) is 0.211. The quantitative estimate of drug-likeness (QED) is 0.489. The van der Waals surface area contributed by atoms with Crippen molar-refractivity contribution < 1.29 is 14.8 Å². The van der Waals surface area contributed by atoms with E-state index in [4.69, 9.17) is 11.6 Å². The molecule has 1 aromatic heterocycles. The normalized spacial score (nSPS) is 12.1. The summed E-state index contributed by atoms with van der Waals surface area (Å²) in [6.45, 7) is 1.80. The molecule has 0 saturated heterocycles. The number of halogens is 1. The van der Waals surface area contributed by atoms with Crippen LogP contribution in [-0.4, -0.2) is 26.6 Å². The highest BCUT2D eigenvalue weighted by atomic mass is 35.5. The Morgan fingerprint density at radius 1 is 1.30 bits per heavy atom. The largest absolute Gasteiger partial charge is 0.480 e. The van der Waals surface area contributed by atoms with E-state index in [-0.39, 0.29) is 12.1 Å². The fourth-order valence-corrected chi connectivity index (χ4v) is 3.54. The van der Waals surface area contributed by atoms with E-state index in [9.17, 15) is 20.0 Å². The molecule has 0 aliphatic heterocycles. The first-order chi connectivity index (χ1) is 12.8. The number of nitrogens with zero attached hydrogens (tertiary/aromatic N) is 2. The zero-order valence-corrected chi connectivity index (χ0v) is 15.5. The third-order valence-electron chi connectivity index (χ3n) is 4.70. The molecule has 0 aliphatic rings. The molecule has 0 aliphatic carbocycles. The Hall–Kier alpha value is -3.06. The van der Waals surface area contributed by atoms with Crippen LogP contribution in [0.1, 0.15) is 11.3 Å². The second-order valence-electron chi connectivity index (χ2n) is 6.28. The van der Waals surface area contributed by atoms with Gasteiger partial charge in [0.1, 0.15) is 11.6 Å². The number of hydrogen-bond donors (Lipinski definition) is 2. The summed E-state index contributed by atoms with van der Waals surface area (Å²) in [6, 6.07) is 11.0. The summed E-state index contributed by atoms with van der Waals surface area (Å²) in [5, 5.41) is 25.0. The molecule has 3 rings (SSSR count). The lowest BCUT2D eigenvalue weighted by atomic mass is 10.0. The number of anilines is 1. The Morgan fingerprint density at radius 2 is 1.96 bits per heavy atom. The molecule has 7 nitrogen and oxygen atoms in total. The van der Waals surface area contributed by atoms with Crippen molar-refractivity contribution in [2.45, 2.75) is 19.4 Å². The van der Waals surface area contributed by atoms with E-state index in [1.165, 1.54) is 12.1 Å². The number of carboxylic acid groups (broad SMARTS) is 1. The second-order valence-corrected chi connectivity index (χ2v) is 6.68. The first-order valence-corrected chi connectivity index (χ1v) is 8.64. The monoisotopic (exact) mass is 387 g/mol. The average Bonchev–Trinajstić information content (AvgIpc) is 2.88. The molecule has 8 heteroatoms. The number of nitro benzene ring substituents is 1. The molecule has 1 unspecified atom stereocenters. The van der Waals surface area contributed by atoms with Crippen molar-refractivity contribution in [3.05, 3.63) is 68.9 Å². The predicted octanol–water partition coefficient (Wildman–Crippen LogP) is 4.16. The van der Waals surface area contributed by atoms with E-state index in [0.717, 1.165) is 5.69 Å². The maximum atomic E-state index is 11.8. The highest BCUT2D eigenvalue weighted by molar-refractivity contribution is 6.36. The summed E-state index contributed by atoms with van der Waals surface area (Å²) in [6.07, 6.45) is 0.133. The lowest BCUT2D eigenvalue weighted by molar-refractivity contribution is -0.383. The lowest BCUT2D eigenvalue weighted by Gasteiger charge is -2.16. The van der Waals surface area contributed by atoms with Gasteiger partial charge < -0.3 is 15.0 Å². The zero-order valence-electron chi connectivity index (χ0n) is 14.8. The number of aromatic nitrogens is 1. The molecule has 2 aromatic carbocycles. The van der Waals surface area contributed by atoms with Gasteiger partial charge in [-0.15, -0.1) is 0 Å². The van der Waals surface area contributed by atoms with Crippen molar-refractivity contribution in [3.8, 4) is 0 Å². The molecule has 3 aromatic rings. The Balaban J connectivity index is 2.10. The van der Waals surface area contributed by atoms with Crippen molar-refractivity contribution in [2.24, 2.45) is 7.05 Å². The maximum Gasteiger partial charge on any atom is 0.326 e. The first kappa shape index (κ1) is 18.7. The number of carbonyl (C=O) groups is 1. The van der Waals surface area contributed by atoms with Crippen LogP contribution in [0.15, 0.2) is 42.5 Å². The van der Waals surface area contributed by atoms with Crippen molar-refractivity contribution in [1.82, 2.24) is 4.57 Å². The van der Waals surface area contributed by atoms with Gasteiger partial charge in [0.05, 0.1) is 9.95 Å². The van der Waals surface area contributed by atoms with Crippen molar-refractivity contribution >= 4 is 39.8 Å². The SMILES string of the molecule is Cc1c(CC(Nc2ccccc2)C(=O)O)c2c(Cl)ccc([N+](=O)[O-])c2n1C. The molecule has 0 saturated carbocycles. The molecular formula is C19H18ClN3O4. The van der Waals surface area contributed by atoms with E-state index >= 15 is 0 Å². The number of nitro groups is 1.